The van der Waals surface area contributed by atoms with Crippen molar-refractivity contribution in [1.82, 2.24) is 9.78 Å². The van der Waals surface area contributed by atoms with Gasteiger partial charge in [0, 0.05) is 5.56 Å². The van der Waals surface area contributed by atoms with E-state index >= 15 is 0 Å². The van der Waals surface area contributed by atoms with E-state index in [4.69, 9.17) is 9.47 Å². The summed E-state index contributed by atoms with van der Waals surface area (Å²) in [6.45, 7) is 2.03. The second kappa shape index (κ2) is 8.25. The largest absolute Gasteiger partial charge is 0.496 e. The highest BCUT2D eigenvalue weighted by atomic mass is 16.5. The molecule has 0 radical (unpaired) electrons. The van der Waals surface area contributed by atoms with Gasteiger partial charge < -0.3 is 9.47 Å². The Morgan fingerprint density at radius 3 is 2.13 bits per heavy atom. The quantitative estimate of drug-likeness (QED) is 0.424. The van der Waals surface area contributed by atoms with Gasteiger partial charge in [0.15, 0.2) is 0 Å². The fourth-order valence-electron chi connectivity index (χ4n) is 3.47. The molecule has 4 aromatic rings. The van der Waals surface area contributed by atoms with E-state index in [0.717, 1.165) is 16.8 Å². The number of benzene rings is 3. The Hall–Kier alpha value is -3.86. The summed E-state index contributed by atoms with van der Waals surface area (Å²) in [5.41, 5.74) is 4.43. The maximum absolute atomic E-state index is 13.5. The first kappa shape index (κ1) is 19.5. The van der Waals surface area contributed by atoms with Gasteiger partial charge in [0.2, 0.25) is 5.78 Å². The van der Waals surface area contributed by atoms with E-state index in [1.165, 1.54) is 0 Å². The summed E-state index contributed by atoms with van der Waals surface area (Å²) in [5.74, 6) is 1.03. The van der Waals surface area contributed by atoms with Gasteiger partial charge in [0.05, 0.1) is 42.9 Å². The molecule has 5 nitrogen and oxygen atoms in total. The van der Waals surface area contributed by atoms with Crippen LogP contribution in [0.4, 0.5) is 0 Å². The van der Waals surface area contributed by atoms with Gasteiger partial charge in [-0.05, 0) is 43.3 Å². The highest BCUT2D eigenvalue weighted by Gasteiger charge is 2.25. The molecule has 1 heterocycles. The van der Waals surface area contributed by atoms with Crippen molar-refractivity contribution in [2.24, 2.45) is 0 Å². The van der Waals surface area contributed by atoms with Crippen molar-refractivity contribution >= 4 is 5.78 Å². The Bertz CT molecular complexity index is 1190. The predicted octanol–water partition coefficient (Wildman–Crippen LogP) is 5.10. The number of aromatic nitrogens is 2. The van der Waals surface area contributed by atoms with Crippen molar-refractivity contribution in [3.63, 3.8) is 0 Å². The summed E-state index contributed by atoms with van der Waals surface area (Å²) in [6, 6.07) is 22.8. The number of aryl methyl sites for hydroxylation is 1. The molecule has 150 valence electrons. The molecule has 0 bridgehead atoms. The van der Waals surface area contributed by atoms with E-state index in [1.54, 1.807) is 37.2 Å². The SMILES string of the molecule is COc1ccccc1C(=O)c1cnn(-c2ccc(C)cc2)c1-c1ccccc1OC. The molecule has 1 aromatic heterocycles. The molecule has 5 heteroatoms. The highest BCUT2D eigenvalue weighted by Crippen LogP contribution is 2.35. The van der Waals surface area contributed by atoms with Gasteiger partial charge in [-0.15, -0.1) is 0 Å². The van der Waals surface area contributed by atoms with E-state index in [1.807, 2.05) is 67.6 Å². The van der Waals surface area contributed by atoms with Crippen LogP contribution < -0.4 is 9.47 Å². The zero-order chi connectivity index (χ0) is 21.1. The minimum atomic E-state index is -0.160. The summed E-state index contributed by atoms with van der Waals surface area (Å²) in [7, 11) is 3.18. The molecule has 0 aliphatic heterocycles. The van der Waals surface area contributed by atoms with Crippen LogP contribution in [-0.2, 0) is 0 Å². The van der Waals surface area contributed by atoms with Crippen molar-refractivity contribution < 1.29 is 14.3 Å². The molecule has 0 unspecified atom stereocenters. The van der Waals surface area contributed by atoms with E-state index in [-0.39, 0.29) is 5.78 Å². The summed E-state index contributed by atoms with van der Waals surface area (Å²) in [6.07, 6.45) is 1.61. The number of ether oxygens (including phenoxy) is 2. The summed E-state index contributed by atoms with van der Waals surface area (Å²) in [5, 5.41) is 4.57. The Labute approximate surface area is 175 Å². The van der Waals surface area contributed by atoms with Crippen LogP contribution in [0, 0.1) is 6.92 Å². The number of para-hydroxylation sites is 2. The second-order valence-corrected chi connectivity index (χ2v) is 6.88. The minimum absolute atomic E-state index is 0.160. The van der Waals surface area contributed by atoms with Crippen LogP contribution in [-0.4, -0.2) is 29.8 Å². The molecular formula is C25H22N2O3. The molecule has 0 aliphatic rings. The zero-order valence-corrected chi connectivity index (χ0v) is 17.1. The lowest BCUT2D eigenvalue weighted by Crippen LogP contribution is -2.07. The Kier molecular flexibility index (Phi) is 5.35. The van der Waals surface area contributed by atoms with Gasteiger partial charge >= 0.3 is 0 Å². The second-order valence-electron chi connectivity index (χ2n) is 6.88. The number of ketones is 1. The number of carbonyl (C=O) groups excluding carboxylic acids is 1. The number of methoxy groups -OCH3 is 2. The minimum Gasteiger partial charge on any atom is -0.496 e. The average molecular weight is 398 g/mol. The number of carbonyl (C=O) groups is 1. The first-order chi connectivity index (χ1) is 14.6. The van der Waals surface area contributed by atoms with E-state index in [9.17, 15) is 4.79 Å². The molecule has 0 fully saturated rings. The molecule has 0 spiro atoms. The summed E-state index contributed by atoms with van der Waals surface area (Å²) >= 11 is 0. The average Bonchev–Trinajstić information content (AvgIpc) is 3.23. The highest BCUT2D eigenvalue weighted by molar-refractivity contribution is 6.14. The van der Waals surface area contributed by atoms with Crippen LogP contribution in [0.1, 0.15) is 21.5 Å². The Morgan fingerprint density at radius 1 is 0.800 bits per heavy atom. The van der Waals surface area contributed by atoms with Crippen LogP contribution >= 0.6 is 0 Å². The smallest absolute Gasteiger partial charge is 0.200 e. The molecule has 0 saturated carbocycles. The van der Waals surface area contributed by atoms with Gasteiger partial charge in [-0.3, -0.25) is 4.79 Å². The van der Waals surface area contributed by atoms with Gasteiger partial charge in [0.1, 0.15) is 11.5 Å². The molecular weight excluding hydrogens is 376 g/mol. The lowest BCUT2D eigenvalue weighted by atomic mass is 9.98. The third kappa shape index (κ3) is 3.46. The maximum Gasteiger partial charge on any atom is 0.200 e. The van der Waals surface area contributed by atoms with Crippen molar-refractivity contribution in [2.45, 2.75) is 6.92 Å². The molecule has 0 amide bonds. The first-order valence-electron chi connectivity index (χ1n) is 9.60. The molecule has 4 rings (SSSR count). The number of hydrogen-bond acceptors (Lipinski definition) is 4. The monoisotopic (exact) mass is 398 g/mol. The Balaban J connectivity index is 1.96. The molecule has 3 aromatic carbocycles. The topological polar surface area (TPSA) is 53.3 Å². The molecule has 0 N–H and O–H groups in total. The Morgan fingerprint density at radius 2 is 1.43 bits per heavy atom. The zero-order valence-electron chi connectivity index (χ0n) is 17.1. The molecule has 0 atom stereocenters. The van der Waals surface area contributed by atoms with Gasteiger partial charge in [-0.1, -0.05) is 42.0 Å². The normalized spacial score (nSPS) is 10.6. The lowest BCUT2D eigenvalue weighted by molar-refractivity contribution is 0.103. The van der Waals surface area contributed by atoms with Gasteiger partial charge in [-0.2, -0.15) is 5.10 Å². The third-order valence-corrected chi connectivity index (χ3v) is 5.01. The van der Waals surface area contributed by atoms with Crippen LogP contribution in [0.3, 0.4) is 0 Å². The van der Waals surface area contributed by atoms with Gasteiger partial charge in [-0.25, -0.2) is 4.68 Å². The maximum atomic E-state index is 13.5. The summed E-state index contributed by atoms with van der Waals surface area (Å²) < 4.78 is 12.8. The predicted molar refractivity (Wildman–Crippen MR) is 117 cm³/mol. The van der Waals surface area contributed by atoms with Crippen LogP contribution in [0.15, 0.2) is 79.0 Å². The van der Waals surface area contributed by atoms with Crippen molar-refractivity contribution in [2.75, 3.05) is 14.2 Å². The van der Waals surface area contributed by atoms with Crippen LogP contribution in [0.25, 0.3) is 16.9 Å². The van der Waals surface area contributed by atoms with E-state index in [2.05, 4.69) is 5.10 Å². The lowest BCUT2D eigenvalue weighted by Gasteiger charge is -2.14. The van der Waals surface area contributed by atoms with Gasteiger partial charge in [0.25, 0.3) is 0 Å². The number of rotatable bonds is 6. The van der Waals surface area contributed by atoms with Crippen molar-refractivity contribution in [3.05, 3.63) is 95.7 Å². The molecule has 0 saturated heterocycles. The fourth-order valence-corrected chi connectivity index (χ4v) is 3.47. The van der Waals surface area contributed by atoms with Crippen LogP contribution in [0.2, 0.25) is 0 Å². The third-order valence-electron chi connectivity index (χ3n) is 5.01. The van der Waals surface area contributed by atoms with E-state index < -0.39 is 0 Å². The molecule has 30 heavy (non-hydrogen) atoms. The van der Waals surface area contributed by atoms with Crippen molar-refractivity contribution in [3.8, 4) is 28.4 Å². The van der Waals surface area contributed by atoms with Crippen LogP contribution in [0.5, 0.6) is 11.5 Å². The number of hydrogen-bond donors (Lipinski definition) is 0. The van der Waals surface area contributed by atoms with Crippen molar-refractivity contribution in [1.29, 1.82) is 0 Å². The number of nitrogens with zero attached hydrogens (tertiary/aromatic N) is 2. The standard InChI is InChI=1S/C25H22N2O3/c1-17-12-14-18(15-13-17)27-24(19-8-4-6-10-22(19)29-2)21(16-26-27)25(28)20-9-5-7-11-23(20)30-3/h4-16H,1-3H3. The summed E-state index contributed by atoms with van der Waals surface area (Å²) in [4.78, 5) is 13.5. The first-order valence-corrected chi connectivity index (χ1v) is 9.60. The molecule has 0 aliphatic carbocycles. The fraction of sp³-hybridized carbons (Fsp3) is 0.120. The van der Waals surface area contributed by atoms with E-state index in [0.29, 0.717) is 28.3 Å².